The number of fused-ring (bicyclic) bond motifs is 1. The fourth-order valence-electron chi connectivity index (χ4n) is 3.63. The van der Waals surface area contributed by atoms with Gasteiger partial charge in [-0.15, -0.1) is 0 Å². The molecule has 2 aliphatic heterocycles. The van der Waals surface area contributed by atoms with Gasteiger partial charge in [-0.05, 0) is 37.8 Å². The number of anilines is 1. The summed E-state index contributed by atoms with van der Waals surface area (Å²) in [6.45, 7) is 5.18. The molecule has 0 bridgehead atoms. The Labute approximate surface area is 139 Å². The van der Waals surface area contributed by atoms with Crippen molar-refractivity contribution < 1.29 is 4.79 Å². The molecule has 126 valence electrons. The van der Waals surface area contributed by atoms with Gasteiger partial charge in [-0.1, -0.05) is 0 Å². The van der Waals surface area contributed by atoms with Crippen LogP contribution in [0.5, 0.6) is 0 Å². The van der Waals surface area contributed by atoms with E-state index in [1.807, 2.05) is 0 Å². The van der Waals surface area contributed by atoms with Crippen LogP contribution >= 0.6 is 0 Å². The Hall–Kier alpha value is -2.57. The molecule has 0 amide bonds. The van der Waals surface area contributed by atoms with E-state index in [0.29, 0.717) is 22.7 Å². The van der Waals surface area contributed by atoms with E-state index >= 15 is 0 Å². The van der Waals surface area contributed by atoms with E-state index in [2.05, 4.69) is 14.6 Å². The Morgan fingerprint density at radius 1 is 1.00 bits per heavy atom. The topological polar surface area (TPSA) is 85.6 Å². The fraction of sp³-hybridized carbons (Fsp3) is 0.471. The van der Waals surface area contributed by atoms with Crippen LogP contribution in [-0.2, 0) is 17.9 Å². The highest BCUT2D eigenvalue weighted by molar-refractivity contribution is 6.22. The number of rotatable bonds is 2. The molecular weight excluding hydrogens is 306 g/mol. The van der Waals surface area contributed by atoms with E-state index in [1.165, 1.54) is 6.08 Å². The Bertz CT molecular complexity index is 862. The number of carbonyl (C=O) groups excluding carboxylic acids is 1. The average molecular weight is 327 g/mol. The number of nitrogens with two attached hydrogens (primary N) is 1. The van der Waals surface area contributed by atoms with Crippen molar-refractivity contribution >= 4 is 23.0 Å². The van der Waals surface area contributed by atoms with Gasteiger partial charge < -0.3 is 10.6 Å². The van der Waals surface area contributed by atoms with Crippen LogP contribution in [0.25, 0.3) is 0 Å². The van der Waals surface area contributed by atoms with Gasteiger partial charge in [-0.2, -0.15) is 0 Å². The van der Waals surface area contributed by atoms with E-state index in [9.17, 15) is 9.59 Å². The second kappa shape index (κ2) is 5.51. The number of aliphatic imine (C=N–C) groups is 1. The Kier molecular flexibility index (Phi) is 3.44. The van der Waals surface area contributed by atoms with E-state index in [-0.39, 0.29) is 11.3 Å². The third-order valence-electron chi connectivity index (χ3n) is 4.89. The SMILES string of the molecule is CC1=C/C(=N/c2c(N3CCCC3)n3n(c2=O)CCC3)C(N)=CC1=O. The zero-order chi connectivity index (χ0) is 16.8. The van der Waals surface area contributed by atoms with Gasteiger partial charge in [-0.25, -0.2) is 9.67 Å². The highest BCUT2D eigenvalue weighted by atomic mass is 16.1. The lowest BCUT2D eigenvalue weighted by Crippen LogP contribution is -2.22. The van der Waals surface area contributed by atoms with Crippen molar-refractivity contribution in [3.8, 4) is 0 Å². The molecule has 1 aliphatic carbocycles. The van der Waals surface area contributed by atoms with Gasteiger partial charge in [0.1, 0.15) is 0 Å². The summed E-state index contributed by atoms with van der Waals surface area (Å²) in [5, 5.41) is 0. The first-order chi connectivity index (χ1) is 11.6. The van der Waals surface area contributed by atoms with Crippen molar-refractivity contribution in [2.24, 2.45) is 10.7 Å². The summed E-state index contributed by atoms with van der Waals surface area (Å²) >= 11 is 0. The van der Waals surface area contributed by atoms with Gasteiger partial charge >= 0.3 is 0 Å². The van der Waals surface area contributed by atoms with Gasteiger partial charge in [0.25, 0.3) is 5.56 Å². The quantitative estimate of drug-likeness (QED) is 0.824. The fourth-order valence-corrected chi connectivity index (χ4v) is 3.63. The van der Waals surface area contributed by atoms with Crippen LogP contribution in [0.2, 0.25) is 0 Å². The molecule has 1 saturated heterocycles. The monoisotopic (exact) mass is 327 g/mol. The van der Waals surface area contributed by atoms with Crippen LogP contribution in [0, 0.1) is 0 Å². The van der Waals surface area contributed by atoms with Gasteiger partial charge in [-0.3, -0.25) is 14.3 Å². The second-order valence-electron chi connectivity index (χ2n) is 6.56. The highest BCUT2D eigenvalue weighted by Crippen LogP contribution is 2.32. The van der Waals surface area contributed by atoms with Crippen molar-refractivity contribution in [3.05, 3.63) is 33.8 Å². The maximum absolute atomic E-state index is 12.8. The number of nitrogens with zero attached hydrogens (tertiary/aromatic N) is 4. The number of aromatic nitrogens is 2. The number of allylic oxidation sites excluding steroid dienone is 3. The van der Waals surface area contributed by atoms with Crippen LogP contribution in [0.15, 0.2) is 33.2 Å². The zero-order valence-electron chi connectivity index (χ0n) is 13.8. The number of carbonyl (C=O) groups is 1. The molecule has 3 heterocycles. The smallest absolute Gasteiger partial charge is 0.294 e. The first kappa shape index (κ1) is 15.0. The van der Waals surface area contributed by atoms with Crippen LogP contribution in [0.1, 0.15) is 26.2 Å². The normalized spacial score (nSPS) is 22.1. The molecule has 4 rings (SSSR count). The molecule has 1 aromatic heterocycles. The van der Waals surface area contributed by atoms with Gasteiger partial charge in [0.05, 0.1) is 11.4 Å². The van der Waals surface area contributed by atoms with E-state index in [1.54, 1.807) is 17.7 Å². The van der Waals surface area contributed by atoms with Crippen LogP contribution in [0.4, 0.5) is 11.5 Å². The van der Waals surface area contributed by atoms with Gasteiger partial charge in [0.15, 0.2) is 17.3 Å². The molecule has 0 unspecified atom stereocenters. The molecule has 0 radical (unpaired) electrons. The third-order valence-corrected chi connectivity index (χ3v) is 4.89. The van der Waals surface area contributed by atoms with Crippen LogP contribution in [0.3, 0.4) is 0 Å². The minimum atomic E-state index is -0.109. The summed E-state index contributed by atoms with van der Waals surface area (Å²) in [6, 6.07) is 0. The Morgan fingerprint density at radius 2 is 1.71 bits per heavy atom. The second-order valence-corrected chi connectivity index (χ2v) is 6.56. The first-order valence-electron chi connectivity index (χ1n) is 8.43. The van der Waals surface area contributed by atoms with Gasteiger partial charge in [0.2, 0.25) is 0 Å². The average Bonchev–Trinajstić information content (AvgIpc) is 3.26. The molecule has 1 fully saturated rings. The molecule has 7 nitrogen and oxygen atoms in total. The molecule has 7 heteroatoms. The summed E-state index contributed by atoms with van der Waals surface area (Å²) in [6.07, 6.45) is 6.28. The molecule has 0 saturated carbocycles. The van der Waals surface area contributed by atoms with E-state index < -0.39 is 0 Å². The molecule has 0 aromatic carbocycles. The molecular formula is C17H21N5O2. The van der Waals surface area contributed by atoms with Crippen molar-refractivity contribution in [2.45, 2.75) is 39.3 Å². The molecule has 2 N–H and O–H groups in total. The summed E-state index contributed by atoms with van der Waals surface area (Å²) in [5.74, 6) is 0.792. The molecule has 0 atom stereocenters. The predicted molar refractivity (Wildman–Crippen MR) is 92.9 cm³/mol. The lowest BCUT2D eigenvalue weighted by molar-refractivity contribution is -0.111. The third kappa shape index (κ3) is 2.23. The maximum atomic E-state index is 12.8. The lowest BCUT2D eigenvalue weighted by Gasteiger charge is -2.19. The largest absolute Gasteiger partial charge is 0.397 e. The summed E-state index contributed by atoms with van der Waals surface area (Å²) in [7, 11) is 0. The Balaban J connectivity index is 1.87. The minimum Gasteiger partial charge on any atom is -0.397 e. The number of hydrogen-bond acceptors (Lipinski definition) is 5. The van der Waals surface area contributed by atoms with Crippen molar-refractivity contribution in [1.29, 1.82) is 0 Å². The standard InChI is InChI=1S/C17H21N5O2/c1-11-9-13(12(18)10-14(11)23)19-15-16(20-5-2-3-6-20)21-7-4-8-22(21)17(15)24/h9-10H,2-8,18H2,1H3/b19-13-. The lowest BCUT2D eigenvalue weighted by atomic mass is 10.0. The number of ketones is 1. The maximum Gasteiger partial charge on any atom is 0.294 e. The van der Waals surface area contributed by atoms with Crippen LogP contribution < -0.4 is 16.2 Å². The zero-order valence-corrected chi connectivity index (χ0v) is 13.8. The van der Waals surface area contributed by atoms with Gasteiger partial charge in [0, 0.05) is 32.3 Å². The van der Waals surface area contributed by atoms with E-state index in [4.69, 9.17) is 5.73 Å². The van der Waals surface area contributed by atoms with Crippen molar-refractivity contribution in [2.75, 3.05) is 18.0 Å². The molecule has 0 spiro atoms. The Morgan fingerprint density at radius 3 is 2.46 bits per heavy atom. The summed E-state index contributed by atoms with van der Waals surface area (Å²) < 4.78 is 3.83. The predicted octanol–water partition coefficient (Wildman–Crippen LogP) is 1.10. The summed E-state index contributed by atoms with van der Waals surface area (Å²) in [4.78, 5) is 31.4. The van der Waals surface area contributed by atoms with E-state index in [0.717, 1.165) is 51.3 Å². The minimum absolute atomic E-state index is 0.0716. The molecule has 1 aromatic rings. The highest BCUT2D eigenvalue weighted by Gasteiger charge is 2.29. The molecule has 3 aliphatic rings. The van der Waals surface area contributed by atoms with Crippen molar-refractivity contribution in [3.63, 3.8) is 0 Å². The summed E-state index contributed by atoms with van der Waals surface area (Å²) in [5.41, 5.74) is 7.72. The number of hydrogen-bond donors (Lipinski definition) is 1. The van der Waals surface area contributed by atoms with Crippen LogP contribution in [-0.4, -0.2) is 33.9 Å². The van der Waals surface area contributed by atoms with Crippen molar-refractivity contribution in [1.82, 2.24) is 9.36 Å². The first-order valence-corrected chi connectivity index (χ1v) is 8.43. The molecule has 24 heavy (non-hydrogen) atoms.